The summed E-state index contributed by atoms with van der Waals surface area (Å²) in [5, 5.41) is 4.62. The number of aromatic amines is 1. The molecule has 1 N–H and O–H groups in total. The minimum absolute atomic E-state index is 0.167. The van der Waals surface area contributed by atoms with Crippen molar-refractivity contribution in [2.45, 2.75) is 57.3 Å². The highest BCUT2D eigenvalue weighted by atomic mass is 16.5. The zero-order chi connectivity index (χ0) is 19.3. The molecule has 1 aromatic carbocycles. The Bertz CT molecular complexity index is 805. The average molecular weight is 385 g/mol. The summed E-state index contributed by atoms with van der Waals surface area (Å²) < 4.78 is 6.66. The molecule has 1 aliphatic heterocycles. The number of hydrogen-bond donors (Lipinski definition) is 1. The highest BCUT2D eigenvalue weighted by Gasteiger charge is 2.25. The van der Waals surface area contributed by atoms with Gasteiger partial charge in [0.05, 0.1) is 12.8 Å². The molecule has 2 aliphatic rings. The molecule has 2 heterocycles. The van der Waals surface area contributed by atoms with Crippen molar-refractivity contribution in [1.82, 2.24) is 19.7 Å². The predicted octanol–water partition coefficient (Wildman–Crippen LogP) is 3.72. The van der Waals surface area contributed by atoms with E-state index < -0.39 is 0 Å². The second kappa shape index (κ2) is 8.95. The van der Waals surface area contributed by atoms with Crippen LogP contribution in [0, 0.1) is 5.92 Å². The summed E-state index contributed by atoms with van der Waals surface area (Å²) in [6, 6.07) is 7.43. The first-order chi connectivity index (χ1) is 13.7. The van der Waals surface area contributed by atoms with Crippen molar-refractivity contribution in [3.05, 3.63) is 40.6 Å². The number of nitrogens with one attached hydrogen (secondary N) is 1. The van der Waals surface area contributed by atoms with E-state index in [0.29, 0.717) is 5.92 Å². The first-order valence-electron chi connectivity index (χ1n) is 10.8. The summed E-state index contributed by atoms with van der Waals surface area (Å²) in [6.45, 7) is 3.36. The topological polar surface area (TPSA) is 63.1 Å². The number of nitrogens with zero attached hydrogens (tertiary/aromatic N) is 3. The van der Waals surface area contributed by atoms with Crippen LogP contribution in [0.4, 0.5) is 0 Å². The molecule has 1 aliphatic carbocycles. The number of likely N-dealkylation sites (tertiary alicyclic amines) is 1. The molecule has 1 saturated heterocycles. The maximum absolute atomic E-state index is 12.5. The zero-order valence-corrected chi connectivity index (χ0v) is 16.9. The van der Waals surface area contributed by atoms with E-state index in [1.165, 1.54) is 62.7 Å². The van der Waals surface area contributed by atoms with Crippen LogP contribution in [0.15, 0.2) is 29.1 Å². The van der Waals surface area contributed by atoms with Crippen LogP contribution in [0.1, 0.15) is 63.1 Å². The van der Waals surface area contributed by atoms with Crippen molar-refractivity contribution in [2.24, 2.45) is 5.92 Å². The van der Waals surface area contributed by atoms with E-state index in [-0.39, 0.29) is 5.69 Å². The summed E-state index contributed by atoms with van der Waals surface area (Å²) in [7, 11) is 1.64. The zero-order valence-electron chi connectivity index (χ0n) is 16.9. The maximum Gasteiger partial charge on any atom is 0.348 e. The van der Waals surface area contributed by atoms with Crippen LogP contribution in [0.5, 0.6) is 5.75 Å². The van der Waals surface area contributed by atoms with Crippen LogP contribution in [-0.2, 0) is 0 Å². The largest absolute Gasteiger partial charge is 0.497 e. The second-order valence-electron chi connectivity index (χ2n) is 8.36. The number of ether oxygens (including phenoxy) is 1. The minimum atomic E-state index is -0.167. The molecule has 0 unspecified atom stereocenters. The molecule has 0 radical (unpaired) electrons. The van der Waals surface area contributed by atoms with Gasteiger partial charge in [0.2, 0.25) is 0 Å². The van der Waals surface area contributed by atoms with Gasteiger partial charge < -0.3 is 9.64 Å². The first-order valence-corrected chi connectivity index (χ1v) is 10.8. The molecule has 2 aromatic rings. The van der Waals surface area contributed by atoms with E-state index in [4.69, 9.17) is 4.74 Å². The van der Waals surface area contributed by atoms with E-state index in [9.17, 15) is 4.79 Å². The highest BCUT2D eigenvalue weighted by molar-refractivity contribution is 5.36. The Labute approximate surface area is 166 Å². The maximum atomic E-state index is 12.5. The van der Waals surface area contributed by atoms with E-state index >= 15 is 0 Å². The Kier molecular flexibility index (Phi) is 6.15. The summed E-state index contributed by atoms with van der Waals surface area (Å²) >= 11 is 0. The third-order valence-corrected chi connectivity index (χ3v) is 6.42. The van der Waals surface area contributed by atoms with Gasteiger partial charge in [0, 0.05) is 12.5 Å². The van der Waals surface area contributed by atoms with Crippen LogP contribution in [-0.4, -0.2) is 46.4 Å². The minimum Gasteiger partial charge on any atom is -0.497 e. The van der Waals surface area contributed by atoms with E-state index in [2.05, 4.69) is 15.0 Å². The van der Waals surface area contributed by atoms with Gasteiger partial charge in [-0.2, -0.15) is 4.68 Å². The van der Waals surface area contributed by atoms with E-state index in [0.717, 1.165) is 36.1 Å². The summed E-state index contributed by atoms with van der Waals surface area (Å²) in [6.07, 6.45) is 10.7. The van der Waals surface area contributed by atoms with Crippen molar-refractivity contribution in [1.29, 1.82) is 0 Å². The second-order valence-corrected chi connectivity index (χ2v) is 8.36. The lowest BCUT2D eigenvalue weighted by molar-refractivity contribution is 0.182. The van der Waals surface area contributed by atoms with E-state index in [1.807, 2.05) is 24.3 Å². The molecule has 28 heavy (non-hydrogen) atoms. The number of aromatic nitrogens is 3. The van der Waals surface area contributed by atoms with Gasteiger partial charge >= 0.3 is 5.69 Å². The molecule has 1 saturated carbocycles. The van der Waals surface area contributed by atoms with Gasteiger partial charge in [-0.1, -0.05) is 32.1 Å². The van der Waals surface area contributed by atoms with Crippen molar-refractivity contribution >= 4 is 0 Å². The lowest BCUT2D eigenvalue weighted by atomic mass is 9.86. The van der Waals surface area contributed by atoms with E-state index in [1.54, 1.807) is 7.11 Å². The average Bonchev–Trinajstić information content (AvgIpc) is 3.15. The molecule has 6 heteroatoms. The van der Waals surface area contributed by atoms with Gasteiger partial charge in [0.1, 0.15) is 11.6 Å². The van der Waals surface area contributed by atoms with Gasteiger partial charge in [-0.15, -0.1) is 5.10 Å². The molecule has 1 aromatic heterocycles. The number of piperidine rings is 1. The molecule has 0 amide bonds. The van der Waals surface area contributed by atoms with Crippen LogP contribution in [0.25, 0.3) is 5.69 Å². The SMILES string of the molecule is COc1ccc(-n2nc([C@H]3CCCN(CCC4CCCCC4)C3)[nH]c2=O)cc1. The van der Waals surface area contributed by atoms with Crippen molar-refractivity contribution in [2.75, 3.05) is 26.7 Å². The summed E-state index contributed by atoms with van der Waals surface area (Å²) in [5.41, 5.74) is 0.595. The van der Waals surface area contributed by atoms with Crippen molar-refractivity contribution < 1.29 is 4.74 Å². The standard InChI is InChI=1S/C22H32N4O2/c1-28-20-11-9-19(10-12-20)26-22(27)23-21(24-26)18-8-5-14-25(16-18)15-13-17-6-3-2-4-7-17/h9-12,17-18H,2-8,13-16H2,1H3,(H,23,24,27)/t18-/m0/s1. The van der Waals surface area contributed by atoms with Gasteiger partial charge in [-0.25, -0.2) is 4.79 Å². The normalized spacial score (nSPS) is 21.7. The highest BCUT2D eigenvalue weighted by Crippen LogP contribution is 2.28. The number of hydrogen-bond acceptors (Lipinski definition) is 4. The quantitative estimate of drug-likeness (QED) is 0.824. The Balaban J connectivity index is 1.40. The molecule has 0 spiro atoms. The fourth-order valence-electron chi connectivity index (χ4n) is 4.75. The Hall–Kier alpha value is -2.08. The lowest BCUT2D eigenvalue weighted by Crippen LogP contribution is -2.36. The molecule has 4 rings (SSSR count). The van der Waals surface area contributed by atoms with Gasteiger partial charge in [0.25, 0.3) is 0 Å². The predicted molar refractivity (Wildman–Crippen MR) is 110 cm³/mol. The van der Waals surface area contributed by atoms with Crippen LogP contribution >= 0.6 is 0 Å². The Morgan fingerprint density at radius 1 is 1.11 bits per heavy atom. The monoisotopic (exact) mass is 384 g/mol. The molecule has 152 valence electrons. The van der Waals surface area contributed by atoms with Crippen LogP contribution in [0.2, 0.25) is 0 Å². The van der Waals surface area contributed by atoms with Crippen LogP contribution in [0.3, 0.4) is 0 Å². The number of benzene rings is 1. The molecule has 2 fully saturated rings. The summed E-state index contributed by atoms with van der Waals surface area (Å²) in [5.74, 6) is 2.83. The van der Waals surface area contributed by atoms with Crippen molar-refractivity contribution in [3.63, 3.8) is 0 Å². The Morgan fingerprint density at radius 2 is 1.89 bits per heavy atom. The van der Waals surface area contributed by atoms with Crippen LogP contribution < -0.4 is 10.4 Å². The number of H-pyrrole nitrogens is 1. The molecule has 1 atom stereocenters. The molecular formula is C22H32N4O2. The van der Waals surface area contributed by atoms with Gasteiger partial charge in [-0.3, -0.25) is 4.98 Å². The first kappa shape index (κ1) is 19.2. The molecule has 0 bridgehead atoms. The fourth-order valence-corrected chi connectivity index (χ4v) is 4.75. The molecular weight excluding hydrogens is 352 g/mol. The third-order valence-electron chi connectivity index (χ3n) is 6.42. The Morgan fingerprint density at radius 3 is 2.64 bits per heavy atom. The number of rotatable bonds is 6. The third kappa shape index (κ3) is 4.49. The number of methoxy groups -OCH3 is 1. The fraction of sp³-hybridized carbons (Fsp3) is 0.636. The smallest absolute Gasteiger partial charge is 0.348 e. The molecule has 6 nitrogen and oxygen atoms in total. The van der Waals surface area contributed by atoms with Crippen molar-refractivity contribution in [3.8, 4) is 11.4 Å². The summed E-state index contributed by atoms with van der Waals surface area (Å²) in [4.78, 5) is 18.0. The van der Waals surface area contributed by atoms with Gasteiger partial charge in [-0.05, 0) is 62.5 Å². The lowest BCUT2D eigenvalue weighted by Gasteiger charge is -2.33. The van der Waals surface area contributed by atoms with Gasteiger partial charge in [0.15, 0.2) is 0 Å².